The van der Waals surface area contributed by atoms with E-state index < -0.39 is 0 Å². The van der Waals surface area contributed by atoms with Crippen LogP contribution in [0.1, 0.15) is 51.5 Å². The fourth-order valence-corrected chi connectivity index (χ4v) is 2.45. The minimum absolute atomic E-state index is 0.0629. The zero-order valence-electron chi connectivity index (χ0n) is 14.2. The highest BCUT2D eigenvalue weighted by molar-refractivity contribution is 5.33. The molecule has 0 spiro atoms. The summed E-state index contributed by atoms with van der Waals surface area (Å²) in [7, 11) is 0. The average Bonchev–Trinajstić information content (AvgIpc) is 2.51. The van der Waals surface area contributed by atoms with Gasteiger partial charge in [0.15, 0.2) is 0 Å². The molecule has 0 atom stereocenters. The number of benzene rings is 1. The molecule has 0 saturated heterocycles. The van der Waals surface area contributed by atoms with Gasteiger partial charge in [-0.25, -0.2) is 0 Å². The minimum Gasteiger partial charge on any atom is -0.491 e. The molecule has 0 aromatic heterocycles. The molecule has 3 heteroatoms. The number of aliphatic hydroxyl groups is 1. The largest absolute Gasteiger partial charge is 0.491 e. The summed E-state index contributed by atoms with van der Waals surface area (Å²) in [6.45, 7) is 6.07. The summed E-state index contributed by atoms with van der Waals surface area (Å²) in [5, 5.41) is 8.65. The van der Waals surface area contributed by atoms with Crippen molar-refractivity contribution in [3.05, 3.63) is 29.8 Å². The SMILES string of the molecule is CC(C)CCCCCCc1ccccc1OCCOCCO. The number of hydrogen-bond donors (Lipinski definition) is 1. The standard InChI is InChI=1S/C19H32O3/c1-17(2)9-5-3-4-6-10-18-11-7-8-12-19(18)22-16-15-21-14-13-20/h7-8,11-12,17,20H,3-6,9-10,13-16H2,1-2H3. The van der Waals surface area contributed by atoms with Crippen molar-refractivity contribution in [1.82, 2.24) is 0 Å². The van der Waals surface area contributed by atoms with E-state index in [9.17, 15) is 0 Å². The fraction of sp³-hybridized carbons (Fsp3) is 0.684. The van der Waals surface area contributed by atoms with E-state index in [0.717, 1.165) is 18.1 Å². The van der Waals surface area contributed by atoms with Crippen LogP contribution in [0, 0.1) is 5.92 Å². The first-order chi connectivity index (χ1) is 10.7. The predicted octanol–water partition coefficient (Wildman–Crippen LogP) is 4.22. The number of para-hydroxylation sites is 1. The topological polar surface area (TPSA) is 38.7 Å². The summed E-state index contributed by atoms with van der Waals surface area (Å²) in [5.74, 6) is 1.79. The molecule has 0 heterocycles. The number of aliphatic hydroxyl groups excluding tert-OH is 1. The van der Waals surface area contributed by atoms with E-state index in [1.54, 1.807) is 0 Å². The molecule has 0 radical (unpaired) electrons. The van der Waals surface area contributed by atoms with E-state index in [1.807, 2.05) is 12.1 Å². The average molecular weight is 308 g/mol. The van der Waals surface area contributed by atoms with E-state index in [0.29, 0.717) is 19.8 Å². The van der Waals surface area contributed by atoms with Gasteiger partial charge in [-0.1, -0.05) is 57.7 Å². The van der Waals surface area contributed by atoms with Gasteiger partial charge in [-0.05, 0) is 30.4 Å². The van der Waals surface area contributed by atoms with Crippen LogP contribution in [-0.2, 0) is 11.2 Å². The van der Waals surface area contributed by atoms with Gasteiger partial charge in [0.25, 0.3) is 0 Å². The summed E-state index contributed by atoms with van der Waals surface area (Å²) >= 11 is 0. The first kappa shape index (κ1) is 19.0. The maximum atomic E-state index is 8.65. The van der Waals surface area contributed by atoms with Crippen LogP contribution in [0.2, 0.25) is 0 Å². The molecular weight excluding hydrogens is 276 g/mol. The van der Waals surface area contributed by atoms with E-state index >= 15 is 0 Å². The lowest BCUT2D eigenvalue weighted by Gasteiger charge is -2.11. The Balaban J connectivity index is 2.22. The lowest BCUT2D eigenvalue weighted by atomic mass is 10.0. The number of unbranched alkanes of at least 4 members (excludes halogenated alkanes) is 3. The molecule has 0 aliphatic rings. The molecule has 22 heavy (non-hydrogen) atoms. The van der Waals surface area contributed by atoms with Crippen LogP contribution in [0.5, 0.6) is 5.75 Å². The predicted molar refractivity (Wildman–Crippen MR) is 91.5 cm³/mol. The van der Waals surface area contributed by atoms with Gasteiger partial charge in [0.1, 0.15) is 12.4 Å². The van der Waals surface area contributed by atoms with Gasteiger partial charge in [0, 0.05) is 0 Å². The quantitative estimate of drug-likeness (QED) is 0.554. The molecule has 1 aromatic carbocycles. The number of rotatable bonds is 13. The Bertz CT molecular complexity index is 377. The summed E-state index contributed by atoms with van der Waals surface area (Å²) in [6, 6.07) is 8.26. The summed E-state index contributed by atoms with van der Waals surface area (Å²) in [5.41, 5.74) is 1.29. The Morgan fingerprint density at radius 3 is 2.50 bits per heavy atom. The van der Waals surface area contributed by atoms with Gasteiger partial charge >= 0.3 is 0 Å². The molecule has 3 nitrogen and oxygen atoms in total. The molecule has 0 unspecified atom stereocenters. The van der Waals surface area contributed by atoms with Crippen molar-refractivity contribution in [3.8, 4) is 5.75 Å². The molecule has 1 N–H and O–H groups in total. The van der Waals surface area contributed by atoms with Crippen molar-refractivity contribution in [1.29, 1.82) is 0 Å². The van der Waals surface area contributed by atoms with E-state index in [2.05, 4.69) is 26.0 Å². The third kappa shape index (κ3) is 9.06. The van der Waals surface area contributed by atoms with Crippen LogP contribution >= 0.6 is 0 Å². The maximum Gasteiger partial charge on any atom is 0.122 e. The first-order valence-electron chi connectivity index (χ1n) is 8.63. The van der Waals surface area contributed by atoms with Gasteiger partial charge < -0.3 is 14.6 Å². The zero-order chi connectivity index (χ0) is 16.0. The lowest BCUT2D eigenvalue weighted by Crippen LogP contribution is -2.10. The van der Waals surface area contributed by atoms with Gasteiger partial charge in [-0.3, -0.25) is 0 Å². The van der Waals surface area contributed by atoms with Crippen LogP contribution in [0.15, 0.2) is 24.3 Å². The highest BCUT2D eigenvalue weighted by Gasteiger charge is 2.03. The molecule has 1 aromatic rings. The monoisotopic (exact) mass is 308 g/mol. The maximum absolute atomic E-state index is 8.65. The van der Waals surface area contributed by atoms with Crippen molar-refractivity contribution < 1.29 is 14.6 Å². The van der Waals surface area contributed by atoms with Crippen LogP contribution in [0.25, 0.3) is 0 Å². The Kier molecular flexibility index (Phi) is 10.8. The molecule has 0 fully saturated rings. The number of ether oxygens (including phenoxy) is 2. The number of aryl methyl sites for hydroxylation is 1. The van der Waals surface area contributed by atoms with Crippen LogP contribution in [-0.4, -0.2) is 31.5 Å². The van der Waals surface area contributed by atoms with E-state index in [-0.39, 0.29) is 6.61 Å². The van der Waals surface area contributed by atoms with Crippen LogP contribution in [0.4, 0.5) is 0 Å². The van der Waals surface area contributed by atoms with Crippen LogP contribution in [0.3, 0.4) is 0 Å². The van der Waals surface area contributed by atoms with Gasteiger partial charge in [-0.2, -0.15) is 0 Å². The van der Waals surface area contributed by atoms with Crippen molar-refractivity contribution in [2.45, 2.75) is 52.4 Å². The van der Waals surface area contributed by atoms with Gasteiger partial charge in [-0.15, -0.1) is 0 Å². The second-order valence-electron chi connectivity index (χ2n) is 6.14. The van der Waals surface area contributed by atoms with Gasteiger partial charge in [0.05, 0.1) is 19.8 Å². The third-order valence-electron chi connectivity index (χ3n) is 3.67. The summed E-state index contributed by atoms with van der Waals surface area (Å²) < 4.78 is 11.0. The Morgan fingerprint density at radius 2 is 1.73 bits per heavy atom. The molecule has 0 bridgehead atoms. The summed E-state index contributed by atoms with van der Waals surface area (Å²) in [6.07, 6.45) is 7.61. The Morgan fingerprint density at radius 1 is 0.955 bits per heavy atom. The normalized spacial score (nSPS) is 11.1. The third-order valence-corrected chi connectivity index (χ3v) is 3.67. The minimum atomic E-state index is 0.0629. The van der Waals surface area contributed by atoms with E-state index in [4.69, 9.17) is 14.6 Å². The molecule has 0 amide bonds. The molecule has 0 aliphatic carbocycles. The number of hydrogen-bond acceptors (Lipinski definition) is 3. The summed E-state index contributed by atoms with van der Waals surface area (Å²) in [4.78, 5) is 0. The highest BCUT2D eigenvalue weighted by atomic mass is 16.5. The smallest absolute Gasteiger partial charge is 0.122 e. The second kappa shape index (κ2) is 12.5. The second-order valence-corrected chi connectivity index (χ2v) is 6.14. The molecule has 126 valence electrons. The fourth-order valence-electron chi connectivity index (χ4n) is 2.45. The molecular formula is C19H32O3. The first-order valence-corrected chi connectivity index (χ1v) is 8.63. The van der Waals surface area contributed by atoms with E-state index in [1.165, 1.54) is 37.7 Å². The van der Waals surface area contributed by atoms with Crippen LogP contribution < -0.4 is 4.74 Å². The van der Waals surface area contributed by atoms with Crippen molar-refractivity contribution in [3.63, 3.8) is 0 Å². The zero-order valence-corrected chi connectivity index (χ0v) is 14.2. The van der Waals surface area contributed by atoms with Crippen molar-refractivity contribution >= 4 is 0 Å². The molecule has 0 aliphatic heterocycles. The van der Waals surface area contributed by atoms with Gasteiger partial charge in [0.2, 0.25) is 0 Å². The van der Waals surface area contributed by atoms with Crippen molar-refractivity contribution in [2.75, 3.05) is 26.4 Å². The lowest BCUT2D eigenvalue weighted by molar-refractivity contribution is 0.0703. The highest BCUT2D eigenvalue weighted by Crippen LogP contribution is 2.21. The Hall–Kier alpha value is -1.06. The molecule has 1 rings (SSSR count). The molecule has 0 saturated carbocycles. The van der Waals surface area contributed by atoms with Crippen molar-refractivity contribution in [2.24, 2.45) is 5.92 Å². The Labute approximate surface area is 135 Å².